The van der Waals surface area contributed by atoms with Gasteiger partial charge in [-0.1, -0.05) is 24.6 Å². The molecule has 8 heteroatoms. The number of carbonyl (C=O) groups excluding carboxylic acids is 1. The van der Waals surface area contributed by atoms with Crippen LogP contribution in [-0.4, -0.2) is 86.7 Å². The minimum absolute atomic E-state index is 0. The molecule has 1 rings (SSSR count). The van der Waals surface area contributed by atoms with Gasteiger partial charge in [-0.15, -0.1) is 0 Å². The SMILES string of the molecule is Cc1cccc(C)c1N(CCCCCC(=O)[O-])CCN(C)CCN(C)C(=S)N(C)C.[Na+]. The topological polar surface area (TPSA) is 53.1 Å². The fourth-order valence-electron chi connectivity index (χ4n) is 3.55. The monoisotopic (exact) mass is 458 g/mol. The van der Waals surface area contributed by atoms with Crippen LogP contribution >= 0.6 is 12.2 Å². The number of aryl methyl sites for hydroxylation is 2. The zero-order valence-corrected chi connectivity index (χ0v) is 23.4. The van der Waals surface area contributed by atoms with E-state index in [1.165, 1.54) is 16.8 Å². The van der Waals surface area contributed by atoms with Crippen molar-refractivity contribution in [2.75, 3.05) is 65.8 Å². The Morgan fingerprint density at radius 1 is 0.903 bits per heavy atom. The molecular weight excluding hydrogens is 419 g/mol. The van der Waals surface area contributed by atoms with Crippen LogP contribution in [0.4, 0.5) is 5.69 Å². The maximum absolute atomic E-state index is 10.6. The second kappa shape index (κ2) is 15.9. The van der Waals surface area contributed by atoms with Crippen molar-refractivity contribution < 1.29 is 39.5 Å². The maximum Gasteiger partial charge on any atom is 1.00 e. The van der Waals surface area contributed by atoms with Crippen LogP contribution < -0.4 is 39.6 Å². The van der Waals surface area contributed by atoms with Crippen LogP contribution in [0.2, 0.25) is 0 Å². The van der Waals surface area contributed by atoms with E-state index >= 15 is 0 Å². The van der Waals surface area contributed by atoms with Crippen LogP contribution in [0.25, 0.3) is 0 Å². The first-order chi connectivity index (χ1) is 14.1. The van der Waals surface area contributed by atoms with Crippen molar-refractivity contribution in [2.24, 2.45) is 0 Å². The number of rotatable bonds is 13. The summed E-state index contributed by atoms with van der Waals surface area (Å²) in [6, 6.07) is 6.42. The van der Waals surface area contributed by atoms with E-state index in [-0.39, 0.29) is 36.0 Å². The average molecular weight is 459 g/mol. The Bertz CT molecular complexity index is 667. The summed E-state index contributed by atoms with van der Waals surface area (Å²) in [5.74, 6) is -0.957. The fraction of sp³-hybridized carbons (Fsp3) is 0.652. The van der Waals surface area contributed by atoms with Gasteiger partial charge in [0.25, 0.3) is 0 Å². The number of hydrogen-bond acceptors (Lipinski definition) is 5. The number of carbonyl (C=O) groups is 1. The van der Waals surface area contributed by atoms with E-state index in [1.54, 1.807) is 0 Å². The summed E-state index contributed by atoms with van der Waals surface area (Å²) < 4.78 is 0. The molecule has 170 valence electrons. The molecule has 0 aliphatic rings. The van der Waals surface area contributed by atoms with Gasteiger partial charge in [0.2, 0.25) is 0 Å². The number of thiocarbonyl (C=S) groups is 1. The third-order valence-electron chi connectivity index (χ3n) is 5.34. The number of anilines is 1. The summed E-state index contributed by atoms with van der Waals surface area (Å²) in [5, 5.41) is 11.5. The first-order valence-electron chi connectivity index (χ1n) is 10.8. The Labute approximate surface area is 216 Å². The van der Waals surface area contributed by atoms with E-state index in [2.05, 4.69) is 53.8 Å². The molecular formula is C23H39N4NaO2S. The number of likely N-dealkylation sites (N-methyl/N-ethyl adjacent to an activating group) is 2. The summed E-state index contributed by atoms with van der Waals surface area (Å²) in [7, 11) is 8.12. The number of hydrogen-bond donors (Lipinski definition) is 0. The Balaban J connectivity index is 0.00000900. The number of carboxylic acids is 1. The Kier molecular flexibility index (Phi) is 15.4. The number of unbranched alkanes of at least 4 members (excludes halogenated alkanes) is 2. The van der Waals surface area contributed by atoms with Gasteiger partial charge in [-0.05, 0) is 63.5 Å². The first-order valence-corrected chi connectivity index (χ1v) is 11.2. The molecule has 0 unspecified atom stereocenters. The minimum atomic E-state index is -0.957. The largest absolute Gasteiger partial charge is 1.00 e. The van der Waals surface area contributed by atoms with Gasteiger partial charge in [0.05, 0.1) is 0 Å². The molecule has 0 saturated carbocycles. The molecule has 0 fully saturated rings. The zero-order chi connectivity index (χ0) is 22.7. The van der Waals surface area contributed by atoms with Crippen molar-refractivity contribution in [2.45, 2.75) is 39.5 Å². The van der Waals surface area contributed by atoms with E-state index in [9.17, 15) is 9.90 Å². The van der Waals surface area contributed by atoms with Gasteiger partial charge in [-0.3, -0.25) is 0 Å². The van der Waals surface area contributed by atoms with Crippen molar-refractivity contribution in [1.82, 2.24) is 14.7 Å². The van der Waals surface area contributed by atoms with E-state index in [0.29, 0.717) is 6.42 Å². The van der Waals surface area contributed by atoms with Gasteiger partial charge in [0.1, 0.15) is 0 Å². The predicted molar refractivity (Wildman–Crippen MR) is 128 cm³/mol. The number of nitrogens with zero attached hydrogens (tertiary/aromatic N) is 4. The van der Waals surface area contributed by atoms with Crippen LogP contribution in [-0.2, 0) is 4.79 Å². The van der Waals surface area contributed by atoms with E-state index in [1.807, 2.05) is 26.0 Å². The fourth-order valence-corrected chi connectivity index (χ4v) is 3.64. The standard InChI is InChI=1S/C23H40N4O2S.Na/c1-19-11-10-12-20(2)22(19)27(14-9-7-8-13-21(28)29)18-16-25(5)15-17-26(6)23(30)24(3)4;/h10-12H,7-9,13-18H2,1-6H3,(H,28,29);/q;+1/p-1. The van der Waals surface area contributed by atoms with E-state index in [0.717, 1.165) is 50.7 Å². The van der Waals surface area contributed by atoms with Crippen LogP contribution in [0.1, 0.15) is 36.8 Å². The van der Waals surface area contributed by atoms with E-state index in [4.69, 9.17) is 12.2 Å². The van der Waals surface area contributed by atoms with Gasteiger partial charge in [0.15, 0.2) is 5.11 Å². The molecule has 0 aromatic heterocycles. The summed E-state index contributed by atoms with van der Waals surface area (Å²) in [4.78, 5) is 19.5. The van der Waals surface area contributed by atoms with Gasteiger partial charge >= 0.3 is 29.6 Å². The molecule has 31 heavy (non-hydrogen) atoms. The smallest absolute Gasteiger partial charge is 0.550 e. The van der Waals surface area contributed by atoms with Crippen molar-refractivity contribution in [3.63, 3.8) is 0 Å². The molecule has 0 aliphatic carbocycles. The van der Waals surface area contributed by atoms with Crippen LogP contribution in [0.5, 0.6) is 0 Å². The number of para-hydroxylation sites is 1. The molecule has 0 amide bonds. The normalized spacial score (nSPS) is 10.5. The number of carboxylic acid groups (broad SMARTS) is 1. The molecule has 0 spiro atoms. The van der Waals surface area contributed by atoms with Gasteiger partial charge < -0.3 is 29.5 Å². The third kappa shape index (κ3) is 11.5. The Morgan fingerprint density at radius 3 is 2.03 bits per heavy atom. The molecule has 0 bridgehead atoms. The summed E-state index contributed by atoms with van der Waals surface area (Å²) in [6.45, 7) is 8.96. The summed E-state index contributed by atoms with van der Waals surface area (Å²) in [5.41, 5.74) is 3.86. The third-order valence-corrected chi connectivity index (χ3v) is 6.02. The second-order valence-corrected chi connectivity index (χ2v) is 8.68. The van der Waals surface area contributed by atoms with Crippen LogP contribution in [0.3, 0.4) is 0 Å². The van der Waals surface area contributed by atoms with Crippen LogP contribution in [0, 0.1) is 13.8 Å². The summed E-state index contributed by atoms with van der Waals surface area (Å²) >= 11 is 5.42. The number of aliphatic carboxylic acids is 1. The Morgan fingerprint density at radius 2 is 1.48 bits per heavy atom. The van der Waals surface area contributed by atoms with Crippen molar-refractivity contribution >= 4 is 29.0 Å². The summed E-state index contributed by atoms with van der Waals surface area (Å²) in [6.07, 6.45) is 2.71. The number of benzene rings is 1. The minimum Gasteiger partial charge on any atom is -0.550 e. The average Bonchev–Trinajstić information content (AvgIpc) is 2.68. The zero-order valence-electron chi connectivity index (χ0n) is 20.6. The molecule has 6 nitrogen and oxygen atoms in total. The van der Waals surface area contributed by atoms with Gasteiger partial charge in [-0.2, -0.15) is 0 Å². The van der Waals surface area contributed by atoms with Gasteiger partial charge in [0, 0.05) is 65.5 Å². The Hall–Kier alpha value is -0.860. The molecule has 0 radical (unpaired) electrons. The molecule has 0 N–H and O–H groups in total. The molecule has 0 heterocycles. The molecule has 0 saturated heterocycles. The van der Waals surface area contributed by atoms with E-state index < -0.39 is 5.97 Å². The molecule has 1 aromatic carbocycles. The second-order valence-electron chi connectivity index (χ2n) is 8.31. The predicted octanol–water partition coefficient (Wildman–Crippen LogP) is -0.866. The quantitative estimate of drug-likeness (QED) is 0.217. The van der Waals surface area contributed by atoms with Gasteiger partial charge in [-0.25, -0.2) is 0 Å². The molecule has 1 aromatic rings. The van der Waals surface area contributed by atoms with Crippen molar-refractivity contribution in [3.8, 4) is 0 Å². The maximum atomic E-state index is 10.6. The van der Waals surface area contributed by atoms with Crippen molar-refractivity contribution in [1.29, 1.82) is 0 Å². The molecule has 0 atom stereocenters. The van der Waals surface area contributed by atoms with Crippen molar-refractivity contribution in [3.05, 3.63) is 29.3 Å². The van der Waals surface area contributed by atoms with Crippen LogP contribution in [0.15, 0.2) is 18.2 Å². The first kappa shape index (κ1) is 30.1. The molecule has 0 aliphatic heterocycles.